The zero-order chi connectivity index (χ0) is 25.9. The van der Waals surface area contributed by atoms with Crippen LogP contribution >= 0.6 is 11.6 Å². The van der Waals surface area contributed by atoms with Crippen molar-refractivity contribution in [2.45, 2.75) is 20.4 Å². The third-order valence-corrected chi connectivity index (χ3v) is 6.95. The van der Waals surface area contributed by atoms with E-state index < -0.39 is 0 Å². The summed E-state index contributed by atoms with van der Waals surface area (Å²) in [5, 5.41) is 9.21. The van der Waals surface area contributed by atoms with Gasteiger partial charge < -0.3 is 19.6 Å². The molecule has 0 spiro atoms. The van der Waals surface area contributed by atoms with Crippen molar-refractivity contribution < 1.29 is 4.52 Å². The summed E-state index contributed by atoms with van der Waals surface area (Å²) in [6, 6.07) is 8.16. The largest absolute Gasteiger partial charge is 0.365 e. The van der Waals surface area contributed by atoms with Crippen molar-refractivity contribution in [1.29, 1.82) is 0 Å². The maximum absolute atomic E-state index is 6.16. The van der Waals surface area contributed by atoms with Gasteiger partial charge in [-0.1, -0.05) is 22.8 Å². The van der Waals surface area contributed by atoms with Gasteiger partial charge in [0.25, 0.3) is 0 Å². The molecule has 0 atom stereocenters. The van der Waals surface area contributed by atoms with E-state index in [1.165, 1.54) is 0 Å². The van der Waals surface area contributed by atoms with Crippen LogP contribution in [0.4, 0.5) is 11.8 Å². The first kappa shape index (κ1) is 25.4. The van der Waals surface area contributed by atoms with Crippen molar-refractivity contribution in [3.63, 3.8) is 0 Å². The second-order valence-corrected chi connectivity index (χ2v) is 10.2. The number of piperazine rings is 1. The van der Waals surface area contributed by atoms with Crippen molar-refractivity contribution in [3.05, 3.63) is 58.7 Å². The summed E-state index contributed by atoms with van der Waals surface area (Å²) in [4.78, 5) is 21.2. The Balaban J connectivity index is 1.46. The third-order valence-electron chi connectivity index (χ3n) is 6.75. The summed E-state index contributed by atoms with van der Waals surface area (Å²) in [5.41, 5.74) is 4.77. The van der Waals surface area contributed by atoms with E-state index in [-0.39, 0.29) is 0 Å². The predicted molar refractivity (Wildman–Crippen MR) is 148 cm³/mol. The van der Waals surface area contributed by atoms with Gasteiger partial charge in [0.05, 0.1) is 16.2 Å². The summed E-state index contributed by atoms with van der Waals surface area (Å²) in [5.74, 6) is 2.32. The molecule has 0 aliphatic carbocycles. The number of aromatic nitrogens is 4. The quantitative estimate of drug-likeness (QED) is 0.366. The minimum atomic E-state index is 0.549. The molecule has 9 nitrogen and oxygen atoms in total. The molecular formula is C27H33ClN8O. The lowest BCUT2D eigenvalue weighted by Crippen LogP contribution is -2.48. The van der Waals surface area contributed by atoms with E-state index in [9.17, 15) is 0 Å². The van der Waals surface area contributed by atoms with Crippen molar-refractivity contribution in [2.24, 2.45) is 0 Å². The molecule has 1 N–H and O–H groups in total. The third kappa shape index (κ3) is 5.84. The Morgan fingerprint density at radius 1 is 1.05 bits per heavy atom. The number of benzene rings is 1. The molecule has 1 fully saturated rings. The highest BCUT2D eigenvalue weighted by atomic mass is 35.5. The second-order valence-electron chi connectivity index (χ2n) is 9.80. The van der Waals surface area contributed by atoms with Crippen LogP contribution in [-0.2, 0) is 6.54 Å². The second kappa shape index (κ2) is 11.0. The van der Waals surface area contributed by atoms with Gasteiger partial charge in [-0.2, -0.15) is 4.98 Å². The standard InChI is InChI=1S/C27H33ClN8O/c1-18-25(19(2)37-33-18)21-5-6-24-23(14-21)26(30-16-20-13-22(28)17-29-15-20)32-27(31-24)36-11-9-35(10-12-36)8-7-34(3)4/h5-6,13-15,17H,7-12,16H2,1-4H3,(H,30,31,32). The minimum absolute atomic E-state index is 0.549. The van der Waals surface area contributed by atoms with E-state index in [0.717, 1.165) is 90.1 Å². The molecule has 0 unspecified atom stereocenters. The number of likely N-dealkylation sites (N-methyl/N-ethyl adjacent to an activating group) is 1. The van der Waals surface area contributed by atoms with Crippen LogP contribution in [0.5, 0.6) is 0 Å². The van der Waals surface area contributed by atoms with E-state index in [1.54, 1.807) is 6.20 Å². The molecule has 4 aromatic rings. The number of anilines is 2. The number of hydrogen-bond acceptors (Lipinski definition) is 9. The van der Waals surface area contributed by atoms with Crippen LogP contribution in [0, 0.1) is 13.8 Å². The summed E-state index contributed by atoms with van der Waals surface area (Å²) in [7, 11) is 4.23. The zero-order valence-electron chi connectivity index (χ0n) is 21.8. The molecular weight excluding hydrogens is 488 g/mol. The summed E-state index contributed by atoms with van der Waals surface area (Å²) in [6.45, 7) is 10.4. The van der Waals surface area contributed by atoms with Gasteiger partial charge in [-0.25, -0.2) is 4.98 Å². The topological polar surface area (TPSA) is 86.5 Å². The van der Waals surface area contributed by atoms with Gasteiger partial charge in [-0.3, -0.25) is 9.88 Å². The van der Waals surface area contributed by atoms with Crippen LogP contribution in [0.25, 0.3) is 22.0 Å². The van der Waals surface area contributed by atoms with E-state index in [0.29, 0.717) is 11.6 Å². The Bertz CT molecular complexity index is 1360. The number of hydrogen-bond donors (Lipinski definition) is 1. The molecule has 3 aromatic heterocycles. The highest BCUT2D eigenvalue weighted by Crippen LogP contribution is 2.32. The fourth-order valence-corrected chi connectivity index (χ4v) is 4.89. The van der Waals surface area contributed by atoms with Gasteiger partial charge in [-0.05, 0) is 57.3 Å². The van der Waals surface area contributed by atoms with E-state index >= 15 is 0 Å². The first-order valence-electron chi connectivity index (χ1n) is 12.6. The van der Waals surface area contributed by atoms with E-state index in [2.05, 4.69) is 62.5 Å². The Hall–Kier alpha value is -3.27. The first-order chi connectivity index (χ1) is 17.9. The first-order valence-corrected chi connectivity index (χ1v) is 13.0. The smallest absolute Gasteiger partial charge is 0.227 e. The average Bonchev–Trinajstić information content (AvgIpc) is 3.23. The Morgan fingerprint density at radius 3 is 2.57 bits per heavy atom. The molecule has 1 saturated heterocycles. The molecule has 1 aromatic carbocycles. The fourth-order valence-electron chi connectivity index (χ4n) is 4.69. The van der Waals surface area contributed by atoms with E-state index in [4.69, 9.17) is 26.1 Å². The summed E-state index contributed by atoms with van der Waals surface area (Å²) in [6.07, 6.45) is 3.45. The number of halogens is 1. The molecule has 37 heavy (non-hydrogen) atoms. The highest BCUT2D eigenvalue weighted by Gasteiger charge is 2.21. The zero-order valence-corrected chi connectivity index (χ0v) is 22.6. The van der Waals surface area contributed by atoms with Gasteiger partial charge in [-0.15, -0.1) is 0 Å². The molecule has 0 saturated carbocycles. The normalized spacial score (nSPS) is 14.6. The number of nitrogens with one attached hydrogen (secondary N) is 1. The summed E-state index contributed by atoms with van der Waals surface area (Å²) < 4.78 is 5.42. The Morgan fingerprint density at radius 2 is 1.86 bits per heavy atom. The Kier molecular flexibility index (Phi) is 7.55. The van der Waals surface area contributed by atoms with Crippen molar-refractivity contribution >= 4 is 34.3 Å². The van der Waals surface area contributed by atoms with Crippen LogP contribution < -0.4 is 10.2 Å². The summed E-state index contributed by atoms with van der Waals surface area (Å²) >= 11 is 6.16. The number of rotatable bonds is 8. The molecule has 5 rings (SSSR count). The number of nitrogens with zero attached hydrogens (tertiary/aromatic N) is 7. The molecule has 0 bridgehead atoms. The average molecular weight is 521 g/mol. The number of pyridine rings is 1. The molecule has 194 valence electrons. The maximum atomic E-state index is 6.16. The van der Waals surface area contributed by atoms with Crippen LogP contribution in [0.2, 0.25) is 5.02 Å². The molecule has 4 heterocycles. The predicted octanol–water partition coefficient (Wildman–Crippen LogP) is 4.25. The molecule has 10 heteroatoms. The molecule has 0 radical (unpaired) electrons. The minimum Gasteiger partial charge on any atom is -0.365 e. The molecule has 1 aliphatic heterocycles. The van der Waals surface area contributed by atoms with Gasteiger partial charge in [0.1, 0.15) is 11.6 Å². The van der Waals surface area contributed by atoms with Crippen LogP contribution in [0.1, 0.15) is 17.0 Å². The van der Waals surface area contributed by atoms with Crippen molar-refractivity contribution in [2.75, 3.05) is 63.6 Å². The molecule has 0 amide bonds. The van der Waals surface area contributed by atoms with Crippen molar-refractivity contribution in [3.8, 4) is 11.1 Å². The van der Waals surface area contributed by atoms with Gasteiger partial charge in [0.15, 0.2) is 0 Å². The monoisotopic (exact) mass is 520 g/mol. The highest BCUT2D eigenvalue weighted by molar-refractivity contribution is 6.30. The van der Waals surface area contributed by atoms with Gasteiger partial charge in [0, 0.05) is 69.2 Å². The SMILES string of the molecule is Cc1noc(C)c1-c1ccc2nc(N3CCN(CCN(C)C)CC3)nc(NCc3cncc(Cl)c3)c2c1. The lowest BCUT2D eigenvalue weighted by Gasteiger charge is -2.35. The van der Waals surface area contributed by atoms with Gasteiger partial charge >= 0.3 is 0 Å². The van der Waals surface area contributed by atoms with Crippen LogP contribution in [0.3, 0.4) is 0 Å². The van der Waals surface area contributed by atoms with Crippen molar-refractivity contribution in [1.82, 2.24) is 29.9 Å². The van der Waals surface area contributed by atoms with E-state index in [1.807, 2.05) is 26.1 Å². The number of aryl methyl sites for hydroxylation is 2. The lowest BCUT2D eigenvalue weighted by molar-refractivity contribution is 0.229. The maximum Gasteiger partial charge on any atom is 0.227 e. The molecule has 1 aliphatic rings. The Labute approximate surface area is 222 Å². The fraction of sp³-hybridized carbons (Fsp3) is 0.407. The van der Waals surface area contributed by atoms with Crippen LogP contribution in [0.15, 0.2) is 41.2 Å². The van der Waals surface area contributed by atoms with Crippen LogP contribution in [-0.4, -0.2) is 83.3 Å². The lowest BCUT2D eigenvalue weighted by atomic mass is 10.0. The number of fused-ring (bicyclic) bond motifs is 1. The van der Waals surface area contributed by atoms with Gasteiger partial charge in [0.2, 0.25) is 5.95 Å².